The van der Waals surface area contributed by atoms with Crippen molar-refractivity contribution >= 4 is 21.7 Å². The van der Waals surface area contributed by atoms with Gasteiger partial charge >= 0.3 is 5.97 Å². The molecule has 1 aromatic heterocycles. The van der Waals surface area contributed by atoms with Crippen molar-refractivity contribution in [3.05, 3.63) is 46.5 Å². The van der Waals surface area contributed by atoms with E-state index in [9.17, 15) is 17.6 Å². The van der Waals surface area contributed by atoms with E-state index < -0.39 is 21.8 Å². The molecule has 1 aromatic carbocycles. The van der Waals surface area contributed by atoms with Crippen LogP contribution in [0.3, 0.4) is 0 Å². The van der Waals surface area contributed by atoms with Gasteiger partial charge in [0.2, 0.25) is 0 Å². The molecule has 0 aliphatic carbocycles. The number of esters is 1. The average molecular weight is 368 g/mol. The van der Waals surface area contributed by atoms with Gasteiger partial charge in [-0.3, -0.25) is 4.72 Å². The number of benzene rings is 1. The molecule has 0 aliphatic heterocycles. The molecule has 0 saturated carbocycles. The van der Waals surface area contributed by atoms with Crippen molar-refractivity contribution in [1.29, 1.82) is 0 Å². The van der Waals surface area contributed by atoms with Crippen LogP contribution >= 0.6 is 0 Å². The Kier molecular flexibility index (Phi) is 5.22. The monoisotopic (exact) mass is 368 g/mol. The van der Waals surface area contributed by atoms with Gasteiger partial charge in [0.15, 0.2) is 0 Å². The van der Waals surface area contributed by atoms with Crippen molar-refractivity contribution in [1.82, 2.24) is 4.57 Å². The minimum absolute atomic E-state index is 0.0148. The van der Waals surface area contributed by atoms with E-state index in [4.69, 9.17) is 4.74 Å². The molecule has 0 saturated heterocycles. The third-order valence-electron chi connectivity index (χ3n) is 4.02. The minimum Gasteiger partial charge on any atom is -0.461 e. The number of halogens is 1. The number of hydrogen-bond donors (Lipinski definition) is 1. The number of anilines is 1. The van der Waals surface area contributed by atoms with Crippen LogP contribution in [0, 0.1) is 26.6 Å². The molecule has 0 atom stereocenters. The number of nitrogens with one attached hydrogen (secondary N) is 1. The van der Waals surface area contributed by atoms with Crippen molar-refractivity contribution < 1.29 is 22.3 Å². The molecule has 0 spiro atoms. The minimum atomic E-state index is -4.00. The van der Waals surface area contributed by atoms with Crippen molar-refractivity contribution in [2.24, 2.45) is 7.05 Å². The lowest BCUT2D eigenvalue weighted by atomic mass is 10.2. The van der Waals surface area contributed by atoms with Gasteiger partial charge in [0.25, 0.3) is 10.0 Å². The summed E-state index contributed by atoms with van der Waals surface area (Å²) in [6, 6.07) is 4.09. The zero-order valence-corrected chi connectivity index (χ0v) is 15.6. The Morgan fingerprint density at radius 3 is 2.48 bits per heavy atom. The van der Waals surface area contributed by atoms with Gasteiger partial charge in [0, 0.05) is 18.3 Å². The SMILES string of the molecule is CCOC(=O)c1c(C)c(S(=O)(=O)Nc2ccc(C)c(F)c2)c(C)n1C. The van der Waals surface area contributed by atoms with Gasteiger partial charge in [-0.05, 0) is 45.4 Å². The fourth-order valence-corrected chi connectivity index (χ4v) is 4.26. The fraction of sp³-hybridized carbons (Fsp3) is 0.353. The first-order valence-electron chi connectivity index (χ1n) is 7.72. The van der Waals surface area contributed by atoms with Crippen molar-refractivity contribution in [2.75, 3.05) is 11.3 Å². The maximum absolute atomic E-state index is 13.7. The normalized spacial score (nSPS) is 11.4. The lowest BCUT2D eigenvalue weighted by Gasteiger charge is -2.10. The van der Waals surface area contributed by atoms with Crippen molar-refractivity contribution in [2.45, 2.75) is 32.6 Å². The molecule has 0 bridgehead atoms. The molecule has 2 aromatic rings. The fourth-order valence-electron chi connectivity index (χ4n) is 2.70. The molecule has 25 heavy (non-hydrogen) atoms. The number of carbonyl (C=O) groups is 1. The summed E-state index contributed by atoms with van der Waals surface area (Å²) in [6.45, 7) is 6.59. The molecule has 0 fully saturated rings. The van der Waals surface area contributed by atoms with E-state index in [1.807, 2.05) is 0 Å². The summed E-state index contributed by atoms with van der Waals surface area (Å²) >= 11 is 0. The second kappa shape index (κ2) is 6.87. The van der Waals surface area contributed by atoms with Crippen LogP contribution in [-0.4, -0.2) is 25.6 Å². The van der Waals surface area contributed by atoms with E-state index in [1.165, 1.54) is 16.7 Å². The third kappa shape index (κ3) is 3.53. The number of aromatic nitrogens is 1. The molecule has 0 aliphatic rings. The molecule has 1 heterocycles. The number of aryl methyl sites for hydroxylation is 1. The maximum Gasteiger partial charge on any atom is 0.355 e. The number of nitrogens with zero attached hydrogens (tertiary/aromatic N) is 1. The molecule has 136 valence electrons. The molecule has 8 heteroatoms. The lowest BCUT2D eigenvalue weighted by molar-refractivity contribution is 0.0514. The van der Waals surface area contributed by atoms with E-state index >= 15 is 0 Å². The standard InChI is InChI=1S/C17H21FN2O4S/c1-6-24-17(21)15-11(3)16(12(4)20(15)5)25(22,23)19-13-8-7-10(2)14(18)9-13/h7-9,19H,6H2,1-5H3. The van der Waals surface area contributed by atoms with Crippen LogP contribution in [0.15, 0.2) is 23.1 Å². The molecule has 0 unspecified atom stereocenters. The highest BCUT2D eigenvalue weighted by Gasteiger charge is 2.29. The summed E-state index contributed by atoms with van der Waals surface area (Å²) in [5.41, 5.74) is 1.39. The molecule has 0 radical (unpaired) electrons. The molecule has 2 rings (SSSR count). The van der Waals surface area contributed by atoms with Gasteiger partial charge in [-0.25, -0.2) is 17.6 Å². The molecular weight excluding hydrogens is 347 g/mol. The van der Waals surface area contributed by atoms with Crippen molar-refractivity contribution in [3.63, 3.8) is 0 Å². The zero-order valence-electron chi connectivity index (χ0n) is 14.8. The zero-order chi connectivity index (χ0) is 18.9. The van der Waals surface area contributed by atoms with Gasteiger partial charge in [0.1, 0.15) is 16.4 Å². The number of ether oxygens (including phenoxy) is 1. The summed E-state index contributed by atoms with van der Waals surface area (Å²) in [6.07, 6.45) is 0. The van der Waals surface area contributed by atoms with Crippen LogP contribution in [0.25, 0.3) is 0 Å². The summed E-state index contributed by atoms with van der Waals surface area (Å²) in [4.78, 5) is 12.1. The number of hydrogen-bond acceptors (Lipinski definition) is 4. The quantitative estimate of drug-likeness (QED) is 0.823. The van der Waals surface area contributed by atoms with E-state index in [2.05, 4.69) is 4.72 Å². The summed E-state index contributed by atoms with van der Waals surface area (Å²) < 4.78 is 48.1. The first kappa shape index (κ1) is 19.0. The highest BCUT2D eigenvalue weighted by atomic mass is 32.2. The van der Waals surface area contributed by atoms with Crippen LogP contribution in [0.1, 0.15) is 34.2 Å². The van der Waals surface area contributed by atoms with Gasteiger partial charge in [-0.2, -0.15) is 0 Å². The van der Waals surface area contributed by atoms with E-state index in [0.717, 1.165) is 6.07 Å². The largest absolute Gasteiger partial charge is 0.461 e. The van der Waals surface area contributed by atoms with Crippen LogP contribution in [-0.2, 0) is 21.8 Å². The molecule has 1 N–H and O–H groups in total. The highest BCUT2D eigenvalue weighted by Crippen LogP contribution is 2.28. The van der Waals surface area contributed by atoms with Gasteiger partial charge in [-0.1, -0.05) is 6.07 Å². The van der Waals surface area contributed by atoms with Crippen LogP contribution < -0.4 is 4.72 Å². The molecular formula is C17H21FN2O4S. The topological polar surface area (TPSA) is 77.4 Å². The molecule has 6 nitrogen and oxygen atoms in total. The lowest BCUT2D eigenvalue weighted by Crippen LogP contribution is -2.15. The van der Waals surface area contributed by atoms with E-state index in [-0.39, 0.29) is 22.9 Å². The first-order valence-corrected chi connectivity index (χ1v) is 9.20. The number of carbonyl (C=O) groups excluding carboxylic acids is 1. The highest BCUT2D eigenvalue weighted by molar-refractivity contribution is 7.92. The van der Waals surface area contributed by atoms with Crippen LogP contribution in [0.2, 0.25) is 0 Å². The average Bonchev–Trinajstić information content (AvgIpc) is 2.73. The van der Waals surface area contributed by atoms with Crippen LogP contribution in [0.4, 0.5) is 10.1 Å². The predicted molar refractivity (Wildman–Crippen MR) is 92.8 cm³/mol. The Bertz CT molecular complexity index is 933. The van der Waals surface area contributed by atoms with Gasteiger partial charge < -0.3 is 9.30 Å². The first-order chi connectivity index (χ1) is 11.6. The predicted octanol–water partition coefficient (Wildman–Crippen LogP) is 3.07. The van der Waals surface area contributed by atoms with E-state index in [0.29, 0.717) is 16.8 Å². The Morgan fingerprint density at radius 2 is 1.92 bits per heavy atom. The summed E-state index contributed by atoms with van der Waals surface area (Å²) in [5.74, 6) is -1.10. The number of sulfonamides is 1. The van der Waals surface area contributed by atoms with Crippen molar-refractivity contribution in [3.8, 4) is 0 Å². The van der Waals surface area contributed by atoms with E-state index in [1.54, 1.807) is 34.7 Å². The number of rotatable bonds is 5. The summed E-state index contributed by atoms with van der Waals surface area (Å²) in [7, 11) is -2.40. The molecule has 0 amide bonds. The second-order valence-electron chi connectivity index (χ2n) is 5.74. The Labute approximate surface area is 146 Å². The van der Waals surface area contributed by atoms with Gasteiger partial charge in [0.05, 0.1) is 12.3 Å². The Balaban J connectivity index is 2.51. The Morgan fingerprint density at radius 1 is 1.28 bits per heavy atom. The second-order valence-corrected chi connectivity index (χ2v) is 7.36. The van der Waals surface area contributed by atoms with Crippen LogP contribution in [0.5, 0.6) is 0 Å². The third-order valence-corrected chi connectivity index (χ3v) is 5.67. The van der Waals surface area contributed by atoms with Gasteiger partial charge in [-0.15, -0.1) is 0 Å². The maximum atomic E-state index is 13.7. The summed E-state index contributed by atoms with van der Waals surface area (Å²) in [5, 5.41) is 0. The smallest absolute Gasteiger partial charge is 0.355 e. The Hall–Kier alpha value is -2.35.